The first-order valence-electron chi connectivity index (χ1n) is 6.41. The third kappa shape index (κ3) is 2.92. The third-order valence-corrected chi connectivity index (χ3v) is 2.82. The minimum Gasteiger partial charge on any atom is -0.340 e. The molecule has 1 aromatic carbocycles. The summed E-state index contributed by atoms with van der Waals surface area (Å²) in [5.74, 6) is 1.24. The number of rotatable bonds is 5. The average Bonchev–Trinajstić information content (AvgIpc) is 3.09. The lowest BCUT2D eigenvalue weighted by Crippen LogP contribution is -2.14. The van der Waals surface area contributed by atoms with Gasteiger partial charge < -0.3 is 9.84 Å². The van der Waals surface area contributed by atoms with Gasteiger partial charge in [-0.15, -0.1) is 0 Å². The summed E-state index contributed by atoms with van der Waals surface area (Å²) in [6.45, 7) is 3.00. The molecule has 20 heavy (non-hydrogen) atoms. The van der Waals surface area contributed by atoms with Crippen molar-refractivity contribution in [3.8, 4) is 5.69 Å². The Bertz CT molecular complexity index is 674. The van der Waals surface area contributed by atoms with Crippen molar-refractivity contribution in [2.75, 3.05) is 0 Å². The predicted octanol–water partition coefficient (Wildman–Crippen LogP) is 1.85. The summed E-state index contributed by atoms with van der Waals surface area (Å²) in [7, 11) is 0. The molecule has 6 heteroatoms. The van der Waals surface area contributed by atoms with Gasteiger partial charge in [0.2, 0.25) is 5.89 Å². The molecule has 0 spiro atoms. The summed E-state index contributed by atoms with van der Waals surface area (Å²) >= 11 is 0. The van der Waals surface area contributed by atoms with Gasteiger partial charge in [-0.2, -0.15) is 10.1 Å². The van der Waals surface area contributed by atoms with E-state index in [9.17, 15) is 0 Å². The van der Waals surface area contributed by atoms with Crippen LogP contribution in [0.4, 0.5) is 0 Å². The fourth-order valence-electron chi connectivity index (χ4n) is 1.90. The molecule has 0 aliphatic carbocycles. The molecule has 0 aliphatic heterocycles. The Hall–Kier alpha value is -2.47. The molecule has 0 unspecified atom stereocenters. The first-order chi connectivity index (χ1) is 9.81. The van der Waals surface area contributed by atoms with Gasteiger partial charge in [-0.25, -0.2) is 4.68 Å². The molecule has 0 fully saturated rings. The lowest BCUT2D eigenvalue weighted by atomic mass is 10.3. The van der Waals surface area contributed by atoms with Gasteiger partial charge in [0.25, 0.3) is 0 Å². The van der Waals surface area contributed by atoms with Crippen LogP contribution in [0.3, 0.4) is 0 Å². The second-order valence-corrected chi connectivity index (χ2v) is 4.42. The van der Waals surface area contributed by atoms with E-state index in [-0.39, 0.29) is 0 Å². The van der Waals surface area contributed by atoms with Gasteiger partial charge >= 0.3 is 0 Å². The zero-order valence-corrected chi connectivity index (χ0v) is 11.2. The van der Waals surface area contributed by atoms with E-state index in [1.807, 2.05) is 47.3 Å². The largest absolute Gasteiger partial charge is 0.340 e. The fourth-order valence-corrected chi connectivity index (χ4v) is 1.90. The highest BCUT2D eigenvalue weighted by Crippen LogP contribution is 2.06. The number of para-hydroxylation sites is 1. The monoisotopic (exact) mass is 269 g/mol. The van der Waals surface area contributed by atoms with Crippen molar-refractivity contribution in [3.63, 3.8) is 0 Å². The SMILES string of the molecule is Cc1nc(CNCc2ccn(-c3ccccc3)n2)no1. The van der Waals surface area contributed by atoms with Crippen LogP contribution in [-0.2, 0) is 13.1 Å². The number of hydrogen-bond donors (Lipinski definition) is 1. The lowest BCUT2D eigenvalue weighted by molar-refractivity contribution is 0.385. The second-order valence-electron chi connectivity index (χ2n) is 4.42. The number of nitrogens with one attached hydrogen (secondary N) is 1. The summed E-state index contributed by atoms with van der Waals surface area (Å²) < 4.78 is 6.77. The van der Waals surface area contributed by atoms with Crippen LogP contribution in [-0.4, -0.2) is 19.9 Å². The molecule has 0 saturated heterocycles. The molecule has 6 nitrogen and oxygen atoms in total. The van der Waals surface area contributed by atoms with E-state index in [2.05, 4.69) is 20.6 Å². The minimum absolute atomic E-state index is 0.565. The maximum Gasteiger partial charge on any atom is 0.223 e. The van der Waals surface area contributed by atoms with Crippen LogP contribution in [0.25, 0.3) is 5.69 Å². The minimum atomic E-state index is 0.565. The molecule has 102 valence electrons. The van der Waals surface area contributed by atoms with Crippen LogP contribution >= 0.6 is 0 Å². The molecule has 3 rings (SSSR count). The van der Waals surface area contributed by atoms with Gasteiger partial charge in [-0.1, -0.05) is 23.4 Å². The van der Waals surface area contributed by atoms with Crippen LogP contribution in [0.15, 0.2) is 47.1 Å². The van der Waals surface area contributed by atoms with Crippen molar-refractivity contribution in [1.29, 1.82) is 0 Å². The number of aromatic nitrogens is 4. The Morgan fingerprint density at radius 2 is 2.00 bits per heavy atom. The zero-order valence-electron chi connectivity index (χ0n) is 11.2. The van der Waals surface area contributed by atoms with E-state index < -0.39 is 0 Å². The molecule has 0 atom stereocenters. The van der Waals surface area contributed by atoms with Crippen LogP contribution in [0.2, 0.25) is 0 Å². The highest BCUT2D eigenvalue weighted by Gasteiger charge is 2.03. The zero-order chi connectivity index (χ0) is 13.8. The van der Waals surface area contributed by atoms with Gasteiger partial charge in [-0.05, 0) is 18.2 Å². The highest BCUT2D eigenvalue weighted by atomic mass is 16.5. The summed E-state index contributed by atoms with van der Waals surface area (Å²) in [5, 5.41) is 11.6. The standard InChI is InChI=1S/C14H15N5O/c1-11-16-14(18-20-11)10-15-9-12-7-8-19(17-12)13-5-3-2-4-6-13/h2-8,15H,9-10H2,1H3. The topological polar surface area (TPSA) is 68.8 Å². The summed E-state index contributed by atoms with van der Waals surface area (Å²) in [6, 6.07) is 12.0. The molecular weight excluding hydrogens is 254 g/mol. The Balaban J connectivity index is 1.58. The molecule has 0 radical (unpaired) electrons. The summed E-state index contributed by atoms with van der Waals surface area (Å²) in [6.07, 6.45) is 1.95. The van der Waals surface area contributed by atoms with Crippen LogP contribution in [0, 0.1) is 6.92 Å². The summed E-state index contributed by atoms with van der Waals surface area (Å²) in [5.41, 5.74) is 2.02. The summed E-state index contributed by atoms with van der Waals surface area (Å²) in [4.78, 5) is 4.13. The fraction of sp³-hybridized carbons (Fsp3) is 0.214. The average molecular weight is 269 g/mol. The number of hydrogen-bond acceptors (Lipinski definition) is 5. The van der Waals surface area contributed by atoms with Crippen LogP contribution in [0.5, 0.6) is 0 Å². The normalized spacial score (nSPS) is 10.8. The van der Waals surface area contributed by atoms with E-state index in [4.69, 9.17) is 4.52 Å². The highest BCUT2D eigenvalue weighted by molar-refractivity contribution is 5.30. The van der Waals surface area contributed by atoms with Gasteiger partial charge in [-0.3, -0.25) is 0 Å². The Morgan fingerprint density at radius 3 is 2.75 bits per heavy atom. The van der Waals surface area contributed by atoms with E-state index in [1.165, 1.54) is 0 Å². The van der Waals surface area contributed by atoms with Gasteiger partial charge in [0.05, 0.1) is 17.9 Å². The van der Waals surface area contributed by atoms with E-state index >= 15 is 0 Å². The lowest BCUT2D eigenvalue weighted by Gasteiger charge is -2.00. The van der Waals surface area contributed by atoms with E-state index in [0.29, 0.717) is 24.8 Å². The molecule has 1 N–H and O–H groups in total. The number of nitrogens with zero attached hydrogens (tertiary/aromatic N) is 4. The third-order valence-electron chi connectivity index (χ3n) is 2.82. The Labute approximate surface area is 116 Å². The Morgan fingerprint density at radius 1 is 1.15 bits per heavy atom. The smallest absolute Gasteiger partial charge is 0.223 e. The van der Waals surface area contributed by atoms with Gasteiger partial charge in [0.1, 0.15) is 0 Å². The Kier molecular flexibility index (Phi) is 3.56. The van der Waals surface area contributed by atoms with Crippen molar-refractivity contribution in [2.24, 2.45) is 0 Å². The van der Waals surface area contributed by atoms with Crippen molar-refractivity contribution >= 4 is 0 Å². The molecular formula is C14H15N5O. The molecule has 2 aromatic heterocycles. The first-order valence-corrected chi connectivity index (χ1v) is 6.41. The quantitative estimate of drug-likeness (QED) is 0.765. The van der Waals surface area contributed by atoms with Crippen LogP contribution < -0.4 is 5.32 Å². The van der Waals surface area contributed by atoms with Crippen LogP contribution in [0.1, 0.15) is 17.4 Å². The number of benzene rings is 1. The van der Waals surface area contributed by atoms with Crippen molar-refractivity contribution in [3.05, 3.63) is 60.0 Å². The van der Waals surface area contributed by atoms with Crippen molar-refractivity contribution in [2.45, 2.75) is 20.0 Å². The van der Waals surface area contributed by atoms with Gasteiger partial charge in [0, 0.05) is 19.7 Å². The molecule has 0 amide bonds. The maximum absolute atomic E-state index is 4.91. The molecule has 0 saturated carbocycles. The van der Waals surface area contributed by atoms with Crippen molar-refractivity contribution in [1.82, 2.24) is 25.2 Å². The molecule has 2 heterocycles. The van der Waals surface area contributed by atoms with E-state index in [0.717, 1.165) is 11.4 Å². The van der Waals surface area contributed by atoms with Crippen molar-refractivity contribution < 1.29 is 4.52 Å². The second kappa shape index (κ2) is 5.66. The van der Waals surface area contributed by atoms with E-state index in [1.54, 1.807) is 6.92 Å². The maximum atomic E-state index is 4.91. The molecule has 3 aromatic rings. The molecule has 0 bridgehead atoms. The van der Waals surface area contributed by atoms with Gasteiger partial charge in [0.15, 0.2) is 5.82 Å². The first kappa shape index (κ1) is 12.6. The number of aryl methyl sites for hydroxylation is 1. The molecule has 0 aliphatic rings. The predicted molar refractivity (Wildman–Crippen MR) is 73.1 cm³/mol.